The molecule has 1 aliphatic carbocycles. The van der Waals surface area contributed by atoms with Gasteiger partial charge in [-0.05, 0) is 44.6 Å². The van der Waals surface area contributed by atoms with Crippen LogP contribution in [0.5, 0.6) is 0 Å². The fraction of sp³-hybridized carbons (Fsp3) is 0.588. The Labute approximate surface area is 140 Å². The van der Waals surface area contributed by atoms with Gasteiger partial charge in [0.2, 0.25) is 0 Å². The van der Waals surface area contributed by atoms with Crippen LogP contribution in [0.1, 0.15) is 52.0 Å². The van der Waals surface area contributed by atoms with Crippen molar-refractivity contribution in [2.75, 3.05) is 13.2 Å². The lowest BCUT2D eigenvalue weighted by Gasteiger charge is -2.22. The van der Waals surface area contributed by atoms with Crippen LogP contribution in [0.3, 0.4) is 0 Å². The minimum absolute atomic E-state index is 0.181. The minimum Gasteiger partial charge on any atom is -0.370 e. The lowest BCUT2D eigenvalue weighted by Crippen LogP contribution is -2.32. The van der Waals surface area contributed by atoms with Gasteiger partial charge in [-0.2, -0.15) is 5.10 Å². The van der Waals surface area contributed by atoms with Crippen molar-refractivity contribution < 1.29 is 14.1 Å². The number of hydrogen-bond acceptors (Lipinski definition) is 5. The van der Waals surface area contributed by atoms with E-state index < -0.39 is 0 Å². The first kappa shape index (κ1) is 15.4. The Balaban J connectivity index is 1.44. The van der Waals surface area contributed by atoms with E-state index in [4.69, 9.17) is 14.4 Å². The van der Waals surface area contributed by atoms with E-state index in [-0.39, 0.29) is 12.0 Å². The lowest BCUT2D eigenvalue weighted by molar-refractivity contribution is 0.0383. The Morgan fingerprint density at radius 2 is 2.25 bits per heavy atom. The fourth-order valence-electron chi connectivity index (χ4n) is 3.23. The third-order valence-electron chi connectivity index (χ3n) is 4.72. The van der Waals surface area contributed by atoms with Crippen molar-refractivity contribution in [3.8, 4) is 0 Å². The first-order chi connectivity index (χ1) is 11.6. The molecule has 1 atom stereocenters. The number of amides is 1. The number of nitrogens with one attached hydrogen (secondary N) is 1. The summed E-state index contributed by atoms with van der Waals surface area (Å²) in [5.41, 5.74) is 3.30. The molecule has 0 radical (unpaired) electrons. The monoisotopic (exact) mass is 330 g/mol. The SMILES string of the molecule is Cc1noc(C)c1C(=O)NC[C@@H]1OCCc2cn(CC3CC3)nc21. The molecule has 7 heteroatoms. The zero-order valence-electron chi connectivity index (χ0n) is 14.0. The number of carbonyl (C=O) groups excluding carboxylic acids is 1. The van der Waals surface area contributed by atoms with Crippen LogP contribution in [0.4, 0.5) is 0 Å². The van der Waals surface area contributed by atoms with Crippen molar-refractivity contribution in [1.29, 1.82) is 0 Å². The molecular weight excluding hydrogens is 308 g/mol. The summed E-state index contributed by atoms with van der Waals surface area (Å²) in [6, 6.07) is 0. The van der Waals surface area contributed by atoms with Crippen LogP contribution < -0.4 is 5.32 Å². The third kappa shape index (κ3) is 2.96. The van der Waals surface area contributed by atoms with E-state index in [0.717, 1.165) is 24.6 Å². The summed E-state index contributed by atoms with van der Waals surface area (Å²) in [5.74, 6) is 1.13. The second kappa shape index (κ2) is 6.05. The summed E-state index contributed by atoms with van der Waals surface area (Å²) in [5, 5.41) is 11.4. The highest BCUT2D eigenvalue weighted by Gasteiger charge is 2.28. The van der Waals surface area contributed by atoms with E-state index in [1.807, 2.05) is 4.68 Å². The van der Waals surface area contributed by atoms with Gasteiger partial charge >= 0.3 is 0 Å². The van der Waals surface area contributed by atoms with Gasteiger partial charge in [-0.15, -0.1) is 0 Å². The lowest BCUT2D eigenvalue weighted by atomic mass is 10.1. The summed E-state index contributed by atoms with van der Waals surface area (Å²) in [6.45, 7) is 5.55. The molecule has 4 rings (SSSR count). The molecule has 2 aromatic heterocycles. The summed E-state index contributed by atoms with van der Waals surface area (Å²) < 4.78 is 12.9. The van der Waals surface area contributed by atoms with Crippen molar-refractivity contribution in [3.63, 3.8) is 0 Å². The van der Waals surface area contributed by atoms with Gasteiger partial charge in [-0.3, -0.25) is 9.48 Å². The molecule has 1 amide bonds. The first-order valence-electron chi connectivity index (χ1n) is 8.50. The first-order valence-corrected chi connectivity index (χ1v) is 8.50. The van der Waals surface area contributed by atoms with Crippen molar-refractivity contribution in [1.82, 2.24) is 20.3 Å². The van der Waals surface area contributed by atoms with E-state index in [1.165, 1.54) is 18.4 Å². The van der Waals surface area contributed by atoms with Crippen molar-refractivity contribution in [2.24, 2.45) is 5.92 Å². The number of rotatable bonds is 5. The molecule has 1 fully saturated rings. The van der Waals surface area contributed by atoms with Gasteiger partial charge in [-0.1, -0.05) is 5.16 Å². The van der Waals surface area contributed by atoms with E-state index >= 15 is 0 Å². The van der Waals surface area contributed by atoms with Crippen LogP contribution in [-0.2, 0) is 17.7 Å². The Kier molecular flexibility index (Phi) is 3.88. The maximum absolute atomic E-state index is 12.4. The fourth-order valence-corrected chi connectivity index (χ4v) is 3.23. The van der Waals surface area contributed by atoms with Crippen molar-refractivity contribution in [3.05, 3.63) is 34.5 Å². The zero-order chi connectivity index (χ0) is 16.7. The number of ether oxygens (including phenoxy) is 1. The highest BCUT2D eigenvalue weighted by molar-refractivity contribution is 5.96. The third-order valence-corrected chi connectivity index (χ3v) is 4.72. The summed E-state index contributed by atoms with van der Waals surface area (Å²) in [7, 11) is 0. The van der Waals surface area contributed by atoms with Gasteiger partial charge in [0.15, 0.2) is 0 Å². The number of fused-ring (bicyclic) bond motifs is 1. The molecule has 7 nitrogen and oxygen atoms in total. The Morgan fingerprint density at radius 1 is 1.42 bits per heavy atom. The van der Waals surface area contributed by atoms with Gasteiger partial charge in [0, 0.05) is 19.3 Å². The largest absolute Gasteiger partial charge is 0.370 e. The van der Waals surface area contributed by atoms with Gasteiger partial charge in [-0.25, -0.2) is 0 Å². The molecule has 0 spiro atoms. The molecule has 1 N–H and O–H groups in total. The minimum atomic E-state index is -0.196. The molecule has 128 valence electrons. The predicted molar refractivity (Wildman–Crippen MR) is 85.7 cm³/mol. The van der Waals surface area contributed by atoms with Crippen LogP contribution in [-0.4, -0.2) is 34.0 Å². The summed E-state index contributed by atoms with van der Waals surface area (Å²) in [6.07, 6.45) is 5.43. The molecular formula is C17H22N4O3. The smallest absolute Gasteiger partial charge is 0.256 e. The number of aryl methyl sites for hydroxylation is 2. The Morgan fingerprint density at radius 3 is 2.96 bits per heavy atom. The average Bonchev–Trinajstić information content (AvgIpc) is 3.16. The average molecular weight is 330 g/mol. The molecule has 0 saturated heterocycles. The molecule has 0 unspecified atom stereocenters. The van der Waals surface area contributed by atoms with Crippen LogP contribution in [0.2, 0.25) is 0 Å². The molecule has 2 aromatic rings. The van der Waals surface area contributed by atoms with Crippen LogP contribution in [0, 0.1) is 19.8 Å². The molecule has 1 saturated carbocycles. The van der Waals surface area contributed by atoms with Crippen LogP contribution in [0.25, 0.3) is 0 Å². The molecule has 3 heterocycles. The second-order valence-electron chi connectivity index (χ2n) is 6.72. The molecule has 24 heavy (non-hydrogen) atoms. The van der Waals surface area contributed by atoms with Crippen LogP contribution in [0.15, 0.2) is 10.7 Å². The van der Waals surface area contributed by atoms with Gasteiger partial charge in [0.25, 0.3) is 5.91 Å². The predicted octanol–water partition coefficient (Wildman–Crippen LogP) is 1.94. The van der Waals surface area contributed by atoms with Crippen molar-refractivity contribution in [2.45, 2.75) is 45.8 Å². The number of nitrogens with zero attached hydrogens (tertiary/aromatic N) is 3. The highest BCUT2D eigenvalue weighted by Crippen LogP contribution is 2.32. The summed E-state index contributed by atoms with van der Waals surface area (Å²) in [4.78, 5) is 12.4. The normalized spacial score (nSPS) is 20.0. The van der Waals surface area contributed by atoms with E-state index in [0.29, 0.717) is 30.2 Å². The van der Waals surface area contributed by atoms with Gasteiger partial charge in [0.1, 0.15) is 17.4 Å². The van der Waals surface area contributed by atoms with E-state index in [2.05, 4.69) is 16.7 Å². The molecule has 0 aromatic carbocycles. The maximum atomic E-state index is 12.4. The van der Waals surface area contributed by atoms with Crippen molar-refractivity contribution >= 4 is 5.91 Å². The summed E-state index contributed by atoms with van der Waals surface area (Å²) >= 11 is 0. The van der Waals surface area contributed by atoms with Crippen LogP contribution >= 0.6 is 0 Å². The highest BCUT2D eigenvalue weighted by atomic mass is 16.5. The Bertz CT molecular complexity index is 740. The van der Waals surface area contributed by atoms with Gasteiger partial charge < -0.3 is 14.6 Å². The number of hydrogen-bond donors (Lipinski definition) is 1. The van der Waals surface area contributed by atoms with E-state index in [9.17, 15) is 4.79 Å². The second-order valence-corrected chi connectivity index (χ2v) is 6.72. The van der Waals surface area contributed by atoms with Gasteiger partial charge in [0.05, 0.1) is 18.0 Å². The molecule has 2 aliphatic rings. The van der Waals surface area contributed by atoms with E-state index in [1.54, 1.807) is 13.8 Å². The Hall–Kier alpha value is -2.15. The standard InChI is InChI=1S/C17H22N4O3/c1-10-15(11(2)24-20-10)17(22)18-7-14-16-13(5-6-23-14)9-21(19-16)8-12-3-4-12/h9,12,14H,3-8H2,1-2H3,(H,18,22)/t14-/m0/s1. The molecule has 0 bridgehead atoms. The number of aromatic nitrogens is 3. The quantitative estimate of drug-likeness (QED) is 0.906. The molecule has 1 aliphatic heterocycles. The number of carbonyl (C=O) groups is 1. The topological polar surface area (TPSA) is 82.2 Å². The maximum Gasteiger partial charge on any atom is 0.256 e. The zero-order valence-corrected chi connectivity index (χ0v) is 14.0.